The highest BCUT2D eigenvalue weighted by molar-refractivity contribution is 5.30. The van der Waals surface area contributed by atoms with Crippen molar-refractivity contribution in [1.29, 1.82) is 0 Å². The molecule has 0 saturated heterocycles. The zero-order chi connectivity index (χ0) is 15.1. The van der Waals surface area contributed by atoms with Gasteiger partial charge in [-0.3, -0.25) is 4.98 Å². The van der Waals surface area contributed by atoms with E-state index in [-0.39, 0.29) is 6.04 Å². The van der Waals surface area contributed by atoms with E-state index in [9.17, 15) is 0 Å². The van der Waals surface area contributed by atoms with Crippen LogP contribution < -0.4 is 10.1 Å². The van der Waals surface area contributed by atoms with Crippen LogP contribution in [0.4, 0.5) is 0 Å². The lowest BCUT2D eigenvalue weighted by Crippen LogP contribution is -2.23. The van der Waals surface area contributed by atoms with Gasteiger partial charge in [-0.2, -0.15) is 0 Å². The molecule has 0 amide bonds. The van der Waals surface area contributed by atoms with E-state index in [0.29, 0.717) is 0 Å². The molecule has 21 heavy (non-hydrogen) atoms. The first kappa shape index (κ1) is 15.5. The molecule has 0 aliphatic heterocycles. The molecule has 3 nitrogen and oxygen atoms in total. The van der Waals surface area contributed by atoms with Crippen LogP contribution in [0.25, 0.3) is 0 Å². The largest absolute Gasteiger partial charge is 0.495 e. The number of aromatic nitrogens is 1. The number of aryl methyl sites for hydroxylation is 2. The van der Waals surface area contributed by atoms with Crippen LogP contribution in [0.5, 0.6) is 5.75 Å². The Bertz CT molecular complexity index is 569. The predicted octanol–water partition coefficient (Wildman–Crippen LogP) is 3.68. The van der Waals surface area contributed by atoms with Gasteiger partial charge in [0.2, 0.25) is 0 Å². The summed E-state index contributed by atoms with van der Waals surface area (Å²) in [4.78, 5) is 4.52. The van der Waals surface area contributed by atoms with Crippen molar-refractivity contribution >= 4 is 0 Å². The predicted molar refractivity (Wildman–Crippen MR) is 86.7 cm³/mol. The number of ether oxygens (including phenoxy) is 1. The van der Waals surface area contributed by atoms with Crippen molar-refractivity contribution in [3.05, 3.63) is 59.4 Å². The van der Waals surface area contributed by atoms with Gasteiger partial charge in [0.1, 0.15) is 5.75 Å². The number of nitrogens with one attached hydrogen (secondary N) is 1. The zero-order valence-electron chi connectivity index (χ0n) is 13.1. The van der Waals surface area contributed by atoms with Crippen molar-refractivity contribution in [2.75, 3.05) is 13.7 Å². The highest BCUT2D eigenvalue weighted by atomic mass is 16.5. The molecule has 0 radical (unpaired) electrons. The summed E-state index contributed by atoms with van der Waals surface area (Å²) >= 11 is 0. The molecule has 0 bridgehead atoms. The molecular weight excluding hydrogens is 260 g/mol. The molecule has 0 fully saturated rings. The summed E-state index contributed by atoms with van der Waals surface area (Å²) in [5, 5.41) is 3.52. The fraction of sp³-hybridized carbons (Fsp3) is 0.389. The van der Waals surface area contributed by atoms with Crippen LogP contribution >= 0.6 is 0 Å². The molecule has 1 heterocycles. The lowest BCUT2D eigenvalue weighted by molar-refractivity contribution is 0.390. The van der Waals surface area contributed by atoms with Crippen LogP contribution in [0, 0.1) is 6.92 Å². The number of hydrogen-bond acceptors (Lipinski definition) is 3. The number of nitrogens with zero attached hydrogens (tertiary/aromatic N) is 1. The molecule has 0 spiro atoms. The fourth-order valence-electron chi connectivity index (χ4n) is 2.61. The van der Waals surface area contributed by atoms with E-state index in [1.54, 1.807) is 7.11 Å². The summed E-state index contributed by atoms with van der Waals surface area (Å²) in [5.41, 5.74) is 3.74. The van der Waals surface area contributed by atoms with Gasteiger partial charge in [0.15, 0.2) is 0 Å². The normalized spacial score (nSPS) is 12.1. The third kappa shape index (κ3) is 4.05. The Morgan fingerprint density at radius 1 is 1.19 bits per heavy atom. The first-order valence-corrected chi connectivity index (χ1v) is 7.53. The maximum atomic E-state index is 5.45. The Balaban J connectivity index is 2.14. The monoisotopic (exact) mass is 284 g/mol. The highest BCUT2D eigenvalue weighted by Gasteiger charge is 2.16. The molecule has 1 aromatic heterocycles. The summed E-state index contributed by atoms with van der Waals surface area (Å²) in [6, 6.07) is 12.7. The number of rotatable bonds is 7. The SMILES string of the molecule is CCNC(CCc1ccccc1C)c1ncccc1OC. The van der Waals surface area contributed by atoms with Crippen LogP contribution in [0.1, 0.15) is 36.2 Å². The zero-order valence-corrected chi connectivity index (χ0v) is 13.1. The Hall–Kier alpha value is -1.87. The quantitative estimate of drug-likeness (QED) is 0.842. The summed E-state index contributed by atoms with van der Waals surface area (Å²) in [5.74, 6) is 0.855. The third-order valence-corrected chi connectivity index (χ3v) is 3.76. The van der Waals surface area contributed by atoms with E-state index in [1.165, 1.54) is 11.1 Å². The summed E-state index contributed by atoms with van der Waals surface area (Å²) in [6.07, 6.45) is 3.87. The molecule has 0 aliphatic carbocycles. The van der Waals surface area contributed by atoms with Crippen molar-refractivity contribution in [3.8, 4) is 5.75 Å². The maximum Gasteiger partial charge on any atom is 0.141 e. The van der Waals surface area contributed by atoms with Gasteiger partial charge >= 0.3 is 0 Å². The first-order valence-electron chi connectivity index (χ1n) is 7.53. The van der Waals surface area contributed by atoms with Crippen LogP contribution in [0.15, 0.2) is 42.6 Å². The molecule has 112 valence electrons. The topological polar surface area (TPSA) is 34.2 Å². The van der Waals surface area contributed by atoms with E-state index in [1.807, 2.05) is 18.3 Å². The van der Waals surface area contributed by atoms with E-state index < -0.39 is 0 Å². The standard InChI is InChI=1S/C18H24N2O/c1-4-19-16(18-17(21-3)10-7-13-20-18)12-11-15-9-6-5-8-14(15)2/h5-10,13,16,19H,4,11-12H2,1-3H3. The molecule has 2 rings (SSSR count). The van der Waals surface area contributed by atoms with Crippen LogP contribution in [-0.2, 0) is 6.42 Å². The minimum atomic E-state index is 0.214. The van der Waals surface area contributed by atoms with Gasteiger partial charge in [0.25, 0.3) is 0 Å². The van der Waals surface area contributed by atoms with Gasteiger partial charge in [-0.1, -0.05) is 31.2 Å². The molecule has 1 atom stereocenters. The Kier molecular flexibility index (Phi) is 5.76. The molecule has 2 aromatic rings. The molecule has 1 N–H and O–H groups in total. The van der Waals surface area contributed by atoms with Gasteiger partial charge in [-0.25, -0.2) is 0 Å². The van der Waals surface area contributed by atoms with E-state index in [2.05, 4.69) is 48.4 Å². The number of pyridine rings is 1. The van der Waals surface area contributed by atoms with Gasteiger partial charge in [0, 0.05) is 6.20 Å². The van der Waals surface area contributed by atoms with Crippen molar-refractivity contribution in [3.63, 3.8) is 0 Å². The number of benzene rings is 1. The molecule has 3 heteroatoms. The average Bonchev–Trinajstić information content (AvgIpc) is 2.53. The van der Waals surface area contributed by atoms with Crippen molar-refractivity contribution in [1.82, 2.24) is 10.3 Å². The minimum Gasteiger partial charge on any atom is -0.495 e. The first-order chi connectivity index (χ1) is 10.3. The van der Waals surface area contributed by atoms with E-state index in [0.717, 1.165) is 30.8 Å². The second-order valence-corrected chi connectivity index (χ2v) is 5.17. The van der Waals surface area contributed by atoms with Gasteiger partial charge in [-0.15, -0.1) is 0 Å². The van der Waals surface area contributed by atoms with Crippen molar-refractivity contribution in [2.24, 2.45) is 0 Å². The second-order valence-electron chi connectivity index (χ2n) is 5.17. The number of methoxy groups -OCH3 is 1. The van der Waals surface area contributed by atoms with Gasteiger partial charge in [0.05, 0.1) is 18.8 Å². The van der Waals surface area contributed by atoms with E-state index >= 15 is 0 Å². The molecular formula is C18H24N2O. The minimum absolute atomic E-state index is 0.214. The highest BCUT2D eigenvalue weighted by Crippen LogP contribution is 2.26. The third-order valence-electron chi connectivity index (χ3n) is 3.76. The number of hydrogen-bond donors (Lipinski definition) is 1. The molecule has 1 aromatic carbocycles. The fourth-order valence-corrected chi connectivity index (χ4v) is 2.61. The summed E-state index contributed by atoms with van der Waals surface area (Å²) < 4.78 is 5.45. The smallest absolute Gasteiger partial charge is 0.141 e. The lowest BCUT2D eigenvalue weighted by atomic mass is 9.99. The average molecular weight is 284 g/mol. The Labute approximate surface area is 127 Å². The van der Waals surface area contributed by atoms with E-state index in [4.69, 9.17) is 4.74 Å². The summed E-state index contributed by atoms with van der Waals surface area (Å²) in [7, 11) is 1.70. The Morgan fingerprint density at radius 2 is 2.00 bits per heavy atom. The van der Waals surface area contributed by atoms with Crippen molar-refractivity contribution < 1.29 is 4.74 Å². The lowest BCUT2D eigenvalue weighted by Gasteiger charge is -2.20. The molecule has 0 aliphatic rings. The molecule has 0 saturated carbocycles. The summed E-state index contributed by atoms with van der Waals surface area (Å²) in [6.45, 7) is 5.20. The molecule has 1 unspecified atom stereocenters. The van der Waals surface area contributed by atoms with Gasteiger partial charge < -0.3 is 10.1 Å². The van der Waals surface area contributed by atoms with Crippen molar-refractivity contribution in [2.45, 2.75) is 32.7 Å². The van der Waals surface area contributed by atoms with Crippen LogP contribution in [-0.4, -0.2) is 18.6 Å². The second kappa shape index (κ2) is 7.79. The van der Waals surface area contributed by atoms with Crippen LogP contribution in [0.2, 0.25) is 0 Å². The Morgan fingerprint density at radius 3 is 2.71 bits per heavy atom. The maximum absolute atomic E-state index is 5.45. The van der Waals surface area contributed by atoms with Gasteiger partial charge in [-0.05, 0) is 49.6 Å². The van der Waals surface area contributed by atoms with Crippen LogP contribution in [0.3, 0.4) is 0 Å².